The van der Waals surface area contributed by atoms with Crippen LogP contribution in [0.25, 0.3) is 0 Å². The Morgan fingerprint density at radius 2 is 2.38 bits per heavy atom. The predicted molar refractivity (Wildman–Crippen MR) is 79.0 cm³/mol. The molecule has 1 aromatic heterocycles. The Balaban J connectivity index is 1.89. The number of carbonyl (C=O) groups excluding carboxylic acids is 1. The van der Waals surface area contributed by atoms with Crippen molar-refractivity contribution in [3.8, 4) is 11.8 Å². The Bertz CT molecular complexity index is 535. The molecule has 0 aliphatic heterocycles. The second-order valence-corrected chi connectivity index (χ2v) is 5.45. The normalized spacial score (nSPS) is 15.4. The van der Waals surface area contributed by atoms with Gasteiger partial charge in [0.05, 0.1) is 12.7 Å². The fraction of sp³-hybridized carbons (Fsp3) is 0.533. The number of nitrogens with zero attached hydrogens (tertiary/aromatic N) is 2. The number of anilines is 1. The SMILES string of the molecule is CC1(NC(=O)Nc2ncccc2OCCCC#N)CCC1. The molecule has 112 valence electrons. The quantitative estimate of drug-likeness (QED) is 0.788. The number of amides is 2. The second-order valence-electron chi connectivity index (χ2n) is 5.45. The smallest absolute Gasteiger partial charge is 0.320 e. The molecule has 0 unspecified atom stereocenters. The van der Waals surface area contributed by atoms with Gasteiger partial charge in [0.1, 0.15) is 0 Å². The van der Waals surface area contributed by atoms with Gasteiger partial charge in [-0.25, -0.2) is 9.78 Å². The van der Waals surface area contributed by atoms with E-state index in [4.69, 9.17) is 10.00 Å². The van der Waals surface area contributed by atoms with Crippen molar-refractivity contribution < 1.29 is 9.53 Å². The molecule has 1 saturated carbocycles. The number of pyridine rings is 1. The molecule has 2 N–H and O–H groups in total. The van der Waals surface area contributed by atoms with Crippen molar-refractivity contribution in [2.24, 2.45) is 0 Å². The lowest BCUT2D eigenvalue weighted by molar-refractivity contribution is 0.200. The van der Waals surface area contributed by atoms with Gasteiger partial charge in [-0.3, -0.25) is 5.32 Å². The number of carbonyl (C=O) groups is 1. The highest BCUT2D eigenvalue weighted by atomic mass is 16.5. The van der Waals surface area contributed by atoms with Crippen LogP contribution in [0.2, 0.25) is 0 Å². The zero-order valence-corrected chi connectivity index (χ0v) is 12.2. The molecule has 0 saturated heterocycles. The second kappa shape index (κ2) is 6.93. The Morgan fingerprint density at radius 3 is 3.05 bits per heavy atom. The van der Waals surface area contributed by atoms with Crippen molar-refractivity contribution in [3.63, 3.8) is 0 Å². The van der Waals surface area contributed by atoms with E-state index in [2.05, 4.69) is 21.7 Å². The van der Waals surface area contributed by atoms with Crippen LogP contribution in [0.5, 0.6) is 5.75 Å². The molecule has 1 aromatic rings. The summed E-state index contributed by atoms with van der Waals surface area (Å²) < 4.78 is 5.55. The van der Waals surface area contributed by atoms with Gasteiger partial charge in [0.15, 0.2) is 11.6 Å². The molecule has 0 radical (unpaired) electrons. The Morgan fingerprint density at radius 1 is 1.57 bits per heavy atom. The third kappa shape index (κ3) is 4.35. The average Bonchev–Trinajstić information content (AvgIpc) is 2.43. The minimum Gasteiger partial charge on any atom is -0.490 e. The van der Waals surface area contributed by atoms with Gasteiger partial charge < -0.3 is 10.1 Å². The molecule has 0 spiro atoms. The van der Waals surface area contributed by atoms with Crippen molar-refractivity contribution in [1.29, 1.82) is 5.26 Å². The van der Waals surface area contributed by atoms with E-state index in [1.165, 1.54) is 0 Å². The minimum atomic E-state index is -0.266. The number of nitriles is 1. The van der Waals surface area contributed by atoms with E-state index in [1.54, 1.807) is 18.3 Å². The molecule has 1 fully saturated rings. The van der Waals surface area contributed by atoms with Gasteiger partial charge in [-0.2, -0.15) is 5.26 Å². The van der Waals surface area contributed by atoms with Crippen molar-refractivity contribution in [2.75, 3.05) is 11.9 Å². The summed E-state index contributed by atoms with van der Waals surface area (Å²) >= 11 is 0. The number of hydrogen-bond donors (Lipinski definition) is 2. The van der Waals surface area contributed by atoms with Crippen molar-refractivity contribution in [1.82, 2.24) is 10.3 Å². The molecule has 2 amide bonds. The number of ether oxygens (including phenoxy) is 1. The van der Waals surface area contributed by atoms with Gasteiger partial charge >= 0.3 is 6.03 Å². The van der Waals surface area contributed by atoms with E-state index in [0.29, 0.717) is 31.0 Å². The summed E-state index contributed by atoms with van der Waals surface area (Å²) in [6, 6.07) is 5.29. The van der Waals surface area contributed by atoms with Gasteiger partial charge in [-0.1, -0.05) is 0 Å². The first-order valence-electron chi connectivity index (χ1n) is 7.17. The lowest BCUT2D eigenvalue weighted by Crippen LogP contribution is -2.52. The Labute approximate surface area is 124 Å². The molecular formula is C15H20N4O2. The molecule has 2 rings (SSSR count). The molecule has 1 heterocycles. The van der Waals surface area contributed by atoms with Crippen LogP contribution in [0.3, 0.4) is 0 Å². The summed E-state index contributed by atoms with van der Waals surface area (Å²) in [5, 5.41) is 14.2. The van der Waals surface area contributed by atoms with Crippen LogP contribution < -0.4 is 15.4 Å². The van der Waals surface area contributed by atoms with Crippen LogP contribution in [-0.4, -0.2) is 23.2 Å². The maximum atomic E-state index is 12.0. The first-order chi connectivity index (χ1) is 10.1. The third-order valence-corrected chi connectivity index (χ3v) is 3.57. The molecule has 0 atom stereocenters. The average molecular weight is 288 g/mol. The van der Waals surface area contributed by atoms with E-state index < -0.39 is 0 Å². The Hall–Kier alpha value is -2.29. The number of unbranched alkanes of at least 4 members (excludes halogenated alkanes) is 1. The highest BCUT2D eigenvalue weighted by Gasteiger charge is 2.33. The summed E-state index contributed by atoms with van der Waals surface area (Å²) in [5.74, 6) is 0.916. The summed E-state index contributed by atoms with van der Waals surface area (Å²) in [7, 11) is 0. The number of hydrogen-bond acceptors (Lipinski definition) is 4. The largest absolute Gasteiger partial charge is 0.490 e. The summed E-state index contributed by atoms with van der Waals surface area (Å²) in [4.78, 5) is 16.1. The first kappa shape index (κ1) is 15.1. The van der Waals surface area contributed by atoms with E-state index in [0.717, 1.165) is 19.3 Å². The monoisotopic (exact) mass is 288 g/mol. The molecule has 6 heteroatoms. The molecule has 0 bridgehead atoms. The Kier molecular flexibility index (Phi) is 4.99. The molecule has 0 aromatic carbocycles. The highest BCUT2D eigenvalue weighted by Crippen LogP contribution is 2.31. The van der Waals surface area contributed by atoms with Gasteiger partial charge in [-0.15, -0.1) is 0 Å². The maximum Gasteiger partial charge on any atom is 0.320 e. The van der Waals surface area contributed by atoms with Crippen LogP contribution in [0.4, 0.5) is 10.6 Å². The van der Waals surface area contributed by atoms with Gasteiger partial charge in [0, 0.05) is 18.2 Å². The van der Waals surface area contributed by atoms with Crippen molar-refractivity contribution in [2.45, 2.75) is 44.6 Å². The molecule has 1 aliphatic rings. The number of urea groups is 1. The van der Waals surface area contributed by atoms with Crippen LogP contribution in [0, 0.1) is 11.3 Å². The van der Waals surface area contributed by atoms with Crippen LogP contribution >= 0.6 is 0 Å². The fourth-order valence-corrected chi connectivity index (χ4v) is 2.18. The minimum absolute atomic E-state index is 0.104. The van der Waals surface area contributed by atoms with E-state index in [9.17, 15) is 4.79 Å². The fourth-order valence-electron chi connectivity index (χ4n) is 2.18. The lowest BCUT2D eigenvalue weighted by Gasteiger charge is -2.38. The molecular weight excluding hydrogens is 268 g/mol. The van der Waals surface area contributed by atoms with E-state index >= 15 is 0 Å². The van der Waals surface area contributed by atoms with Gasteiger partial charge in [0.2, 0.25) is 0 Å². The molecule has 6 nitrogen and oxygen atoms in total. The predicted octanol–water partition coefficient (Wildman–Crippen LogP) is 2.83. The van der Waals surface area contributed by atoms with Gasteiger partial charge in [0.25, 0.3) is 0 Å². The van der Waals surface area contributed by atoms with E-state index in [-0.39, 0.29) is 11.6 Å². The highest BCUT2D eigenvalue weighted by molar-refractivity contribution is 5.90. The topological polar surface area (TPSA) is 87.0 Å². The number of rotatable bonds is 6. The van der Waals surface area contributed by atoms with Crippen LogP contribution in [0.15, 0.2) is 18.3 Å². The lowest BCUT2D eigenvalue weighted by atomic mass is 9.79. The van der Waals surface area contributed by atoms with Gasteiger partial charge in [-0.05, 0) is 44.7 Å². The van der Waals surface area contributed by atoms with Crippen LogP contribution in [0.1, 0.15) is 39.0 Å². The maximum absolute atomic E-state index is 12.0. The summed E-state index contributed by atoms with van der Waals surface area (Å²) in [6.07, 6.45) is 5.84. The number of aromatic nitrogens is 1. The van der Waals surface area contributed by atoms with Crippen LogP contribution in [-0.2, 0) is 0 Å². The first-order valence-corrected chi connectivity index (χ1v) is 7.17. The zero-order valence-electron chi connectivity index (χ0n) is 12.2. The standard InChI is InChI=1S/C15H20N4O2/c1-15(7-5-8-15)19-14(20)18-13-12(6-4-10-17-13)21-11-3-2-9-16/h4,6,10H,2-3,5,7-8,11H2,1H3,(H2,17,18,19,20). The number of nitrogens with one attached hydrogen (secondary N) is 2. The molecule has 21 heavy (non-hydrogen) atoms. The summed E-state index contributed by atoms with van der Waals surface area (Å²) in [5.41, 5.74) is -0.104. The third-order valence-electron chi connectivity index (χ3n) is 3.57. The van der Waals surface area contributed by atoms with Crippen molar-refractivity contribution >= 4 is 11.8 Å². The molecule has 1 aliphatic carbocycles. The zero-order chi connectivity index (χ0) is 15.1. The van der Waals surface area contributed by atoms with Crippen molar-refractivity contribution in [3.05, 3.63) is 18.3 Å². The van der Waals surface area contributed by atoms with E-state index in [1.807, 2.05) is 6.92 Å². The summed E-state index contributed by atoms with van der Waals surface area (Å²) in [6.45, 7) is 2.46.